The topological polar surface area (TPSA) is 111 Å². The van der Waals surface area contributed by atoms with E-state index in [1.807, 2.05) is 0 Å². The molecule has 3 amide bonds. The van der Waals surface area contributed by atoms with Gasteiger partial charge in [0.05, 0.1) is 26.5 Å². The molecule has 3 heterocycles. The number of hydrogen-bond donors (Lipinski definition) is 1. The minimum Gasteiger partial charge on any atom is -0.497 e. The molecule has 0 spiro atoms. The van der Waals surface area contributed by atoms with Gasteiger partial charge in [0.2, 0.25) is 5.91 Å². The second-order valence-electron chi connectivity index (χ2n) is 7.05. The summed E-state index contributed by atoms with van der Waals surface area (Å²) < 4.78 is 125. The van der Waals surface area contributed by atoms with Crippen molar-refractivity contribution in [3.8, 4) is 11.4 Å². The lowest BCUT2D eigenvalue weighted by Crippen LogP contribution is -2.39. The normalized spacial score (nSPS) is 26.3. The Morgan fingerprint density at radius 3 is 2.26 bits per heavy atom. The van der Waals surface area contributed by atoms with E-state index in [2.05, 4.69) is 5.10 Å². The van der Waals surface area contributed by atoms with Gasteiger partial charge in [-0.15, -0.1) is 0 Å². The highest BCUT2D eigenvalue weighted by Gasteiger charge is 2.34. The van der Waals surface area contributed by atoms with Gasteiger partial charge in [0.15, 0.2) is 5.69 Å². The molecule has 2 aliphatic heterocycles. The molecule has 3 aromatic rings. The van der Waals surface area contributed by atoms with Crippen LogP contribution in [0.2, 0.25) is 0 Å². The molecule has 0 unspecified atom stereocenters. The van der Waals surface area contributed by atoms with E-state index in [1.165, 1.54) is 0 Å². The van der Waals surface area contributed by atoms with Crippen LogP contribution in [0, 0.1) is 0 Å². The molecule has 9 nitrogen and oxygen atoms in total. The van der Waals surface area contributed by atoms with Crippen molar-refractivity contribution in [3.63, 3.8) is 0 Å². The molecule has 34 heavy (non-hydrogen) atoms. The van der Waals surface area contributed by atoms with Gasteiger partial charge in [-0.2, -0.15) is 5.10 Å². The van der Waals surface area contributed by atoms with Crippen molar-refractivity contribution < 1.29 is 38.3 Å². The quantitative estimate of drug-likeness (QED) is 0.613. The van der Waals surface area contributed by atoms with E-state index >= 15 is 0 Å². The van der Waals surface area contributed by atoms with Gasteiger partial charge in [0.1, 0.15) is 11.4 Å². The number of carbonyl (C=O) groups is 3. The van der Waals surface area contributed by atoms with E-state index in [9.17, 15) is 14.4 Å². The number of carbonyl (C=O) groups excluding carboxylic acids is 3. The number of aromatic nitrogens is 2. The Hall–Kier alpha value is -4.14. The highest BCUT2D eigenvalue weighted by molar-refractivity contribution is 6.09. The summed E-state index contributed by atoms with van der Waals surface area (Å²) in [5.41, 5.74) is -0.403. The summed E-state index contributed by atoms with van der Waals surface area (Å²) in [6.45, 7) is -6.07. The van der Waals surface area contributed by atoms with E-state index in [-0.39, 0.29) is 24.2 Å². The minimum absolute atomic E-state index is 0.0601. The maximum Gasteiger partial charge on any atom is 0.277 e. The fraction of sp³-hybridized carbons (Fsp3) is 0.280. The van der Waals surface area contributed by atoms with Crippen molar-refractivity contribution in [1.29, 1.82) is 0 Å². The van der Waals surface area contributed by atoms with E-state index in [4.69, 9.17) is 29.7 Å². The summed E-state index contributed by atoms with van der Waals surface area (Å²) in [5, 5.41) is 3.83. The molecule has 0 radical (unpaired) electrons. The van der Waals surface area contributed by atoms with Crippen LogP contribution in [0.4, 0.5) is 11.4 Å². The van der Waals surface area contributed by atoms with Crippen LogP contribution in [0.25, 0.3) is 5.69 Å². The number of primary amides is 1. The van der Waals surface area contributed by atoms with Gasteiger partial charge in [-0.1, -0.05) is 0 Å². The Kier molecular flexibility index (Phi) is 2.77. The molecule has 2 aromatic carbocycles. The third-order valence-electron chi connectivity index (χ3n) is 4.95. The number of benzene rings is 2. The third-order valence-corrected chi connectivity index (χ3v) is 4.95. The summed E-state index contributed by atoms with van der Waals surface area (Å²) in [4.78, 5) is 40.1. The summed E-state index contributed by atoms with van der Waals surface area (Å²) in [6.07, 6.45) is -3.74. The largest absolute Gasteiger partial charge is 0.497 e. The first-order chi connectivity index (χ1) is 22.1. The van der Waals surface area contributed by atoms with Crippen LogP contribution in [-0.2, 0) is 11.2 Å². The fourth-order valence-electron chi connectivity index (χ4n) is 3.35. The van der Waals surface area contributed by atoms with Crippen molar-refractivity contribution in [2.45, 2.75) is 25.6 Å². The summed E-state index contributed by atoms with van der Waals surface area (Å²) in [7, 11) is 1.07. The molecule has 0 atom stereocenters. The van der Waals surface area contributed by atoms with Gasteiger partial charge in [0, 0.05) is 41.8 Å². The Balaban J connectivity index is 1.87. The molecule has 9 heteroatoms. The van der Waals surface area contributed by atoms with Crippen molar-refractivity contribution in [2.24, 2.45) is 5.73 Å². The molecule has 1 aromatic heterocycles. The smallest absolute Gasteiger partial charge is 0.277 e. The lowest BCUT2D eigenvalue weighted by Gasteiger charge is -2.29. The highest BCUT2D eigenvalue weighted by Crippen LogP contribution is 2.31. The molecule has 2 aliphatic rings. The molecule has 0 saturated carbocycles. The first-order valence-corrected chi connectivity index (χ1v) is 9.93. The first-order valence-electron chi connectivity index (χ1n) is 16.9. The molecular weight excluding hydrogens is 434 g/mol. The average Bonchev–Trinajstić information content (AvgIpc) is 3.39. The lowest BCUT2D eigenvalue weighted by atomic mass is 10.0. The summed E-state index contributed by atoms with van der Waals surface area (Å²) in [6, 6.07) is -7.72. The zero-order valence-corrected chi connectivity index (χ0v) is 17.6. The van der Waals surface area contributed by atoms with Crippen LogP contribution < -0.4 is 20.3 Å². The predicted octanol–water partition coefficient (Wildman–Crippen LogP) is 2.70. The number of amides is 3. The fourth-order valence-corrected chi connectivity index (χ4v) is 3.35. The maximum atomic E-state index is 14.4. The summed E-state index contributed by atoms with van der Waals surface area (Å²) >= 11 is 0. The van der Waals surface area contributed by atoms with Gasteiger partial charge in [-0.05, 0) is 67.6 Å². The number of hydrogen-bond acceptors (Lipinski definition) is 5. The SMILES string of the molecule is [2H]c1c([2H])c(-n2nc(C(N)=O)c3c2C(=O)N(c2c([2H])c([2H])c(N4C(=O)CCCC4([2H])[2H])c([2H])c2[2H])C([2H])([2H])C3([2H])[2H])c([2H])c([2H])c1OC. The number of anilines is 2. The van der Waals surface area contributed by atoms with E-state index in [0.29, 0.717) is 9.58 Å². The zero-order chi connectivity index (χ0) is 36.2. The molecule has 174 valence electrons. The van der Waals surface area contributed by atoms with Gasteiger partial charge in [0.25, 0.3) is 11.8 Å². The molecule has 1 fully saturated rings. The predicted molar refractivity (Wildman–Crippen MR) is 127 cm³/mol. The van der Waals surface area contributed by atoms with Gasteiger partial charge >= 0.3 is 0 Å². The molecule has 0 aliphatic carbocycles. The third kappa shape index (κ3) is 3.68. The number of fused-ring (bicyclic) bond motifs is 1. The van der Waals surface area contributed by atoms with Crippen molar-refractivity contribution in [2.75, 3.05) is 29.9 Å². The second-order valence-corrected chi connectivity index (χ2v) is 7.05. The first kappa shape index (κ1) is 10.9. The van der Waals surface area contributed by atoms with Crippen LogP contribution in [0.3, 0.4) is 0 Å². The van der Waals surface area contributed by atoms with Crippen molar-refractivity contribution in [3.05, 3.63) is 65.3 Å². The Morgan fingerprint density at radius 1 is 1.00 bits per heavy atom. The van der Waals surface area contributed by atoms with Crippen LogP contribution in [0.1, 0.15) is 65.0 Å². The Labute approximate surface area is 216 Å². The Bertz CT molecular complexity index is 1910. The molecular formula is C25H25N5O4. The maximum absolute atomic E-state index is 14.4. The Morgan fingerprint density at radius 2 is 1.65 bits per heavy atom. The van der Waals surface area contributed by atoms with Gasteiger partial charge < -0.3 is 20.3 Å². The number of nitrogens with zero attached hydrogens (tertiary/aromatic N) is 4. The van der Waals surface area contributed by atoms with Gasteiger partial charge in [-0.3, -0.25) is 14.4 Å². The number of ether oxygens (including phenoxy) is 1. The lowest BCUT2D eigenvalue weighted by molar-refractivity contribution is -0.119. The number of piperidine rings is 1. The standard InChI is InChI=1S/C25H25N5O4/c1-34-19-11-9-18(10-12-19)30-23-20(22(27-30)24(26)32)13-15-29(25(23)33)17-7-5-16(6-8-17)28-14-3-2-4-21(28)31/h5-12H,2-4,13-15H2,1H3,(H2,26,32)/i5D,6D,7D,8D,9D,10D,11D,12D,13D2,14D2,15D2. The second kappa shape index (κ2) is 8.66. The molecule has 5 rings (SSSR count). The van der Waals surface area contributed by atoms with Crippen LogP contribution in [0.15, 0.2) is 48.3 Å². The molecule has 1 saturated heterocycles. The monoisotopic (exact) mass is 473 g/mol. The van der Waals surface area contributed by atoms with Crippen molar-refractivity contribution in [1.82, 2.24) is 9.78 Å². The average molecular weight is 474 g/mol. The van der Waals surface area contributed by atoms with E-state index in [0.717, 1.165) is 7.11 Å². The van der Waals surface area contributed by atoms with Crippen LogP contribution in [-0.4, -0.2) is 47.6 Å². The van der Waals surface area contributed by atoms with Gasteiger partial charge in [-0.25, -0.2) is 4.68 Å². The highest BCUT2D eigenvalue weighted by atomic mass is 16.5. The molecule has 2 N–H and O–H groups in total. The van der Waals surface area contributed by atoms with E-state index in [1.54, 1.807) is 0 Å². The zero-order valence-electron chi connectivity index (χ0n) is 31.6. The van der Waals surface area contributed by atoms with E-state index < -0.39 is 125 Å². The minimum atomic E-state index is -3.63. The van der Waals surface area contributed by atoms with Crippen molar-refractivity contribution >= 4 is 29.1 Å². The van der Waals surface area contributed by atoms with Crippen LogP contribution in [0.5, 0.6) is 5.75 Å². The molecule has 0 bridgehead atoms. The van der Waals surface area contributed by atoms with Crippen LogP contribution >= 0.6 is 0 Å². The summed E-state index contributed by atoms with van der Waals surface area (Å²) in [5.74, 6) is -4.48. The number of methoxy groups -OCH3 is 1. The number of rotatable bonds is 5. The number of nitrogens with two attached hydrogens (primary N) is 1.